The predicted octanol–water partition coefficient (Wildman–Crippen LogP) is -0.0415. The molecule has 0 aliphatic carbocycles. The zero-order valence-electron chi connectivity index (χ0n) is 2.69. The van der Waals surface area contributed by atoms with Crippen LogP contribution in [-0.2, 0) is 4.79 Å². The van der Waals surface area contributed by atoms with Gasteiger partial charge in [-0.3, -0.25) is 0 Å². The summed E-state index contributed by atoms with van der Waals surface area (Å²) < 4.78 is 0. The Hall–Kier alpha value is 0.816. The van der Waals surface area contributed by atoms with Crippen LogP contribution in [0.25, 0.3) is 0 Å². The molecule has 0 rings (SSSR count). The van der Waals surface area contributed by atoms with E-state index in [0.717, 1.165) is 0 Å². The Morgan fingerprint density at radius 1 is 1.57 bits per heavy atom. The van der Waals surface area contributed by atoms with Crippen LogP contribution in [0.2, 0.25) is 0 Å². The van der Waals surface area contributed by atoms with Crippen molar-refractivity contribution >= 4 is 52.2 Å². The highest BCUT2D eigenvalue weighted by Crippen LogP contribution is 1.98. The summed E-state index contributed by atoms with van der Waals surface area (Å²) >= 11 is 9.56. The van der Waals surface area contributed by atoms with E-state index < -0.39 is 10.8 Å². The summed E-state index contributed by atoms with van der Waals surface area (Å²) in [5.74, 6) is -1.21. The Morgan fingerprint density at radius 3 is 1.71 bits per heavy atom. The highest BCUT2D eigenvalue weighted by Gasteiger charge is 2.05. The van der Waals surface area contributed by atoms with Gasteiger partial charge in [-0.2, -0.15) is 0 Å². The smallest absolute Gasteiger partial charge is 0.337 e. The number of rotatable bonds is 1. The number of carbonyl (C=O) groups is 1. The molecule has 5 heteroatoms. The summed E-state index contributed by atoms with van der Waals surface area (Å²) in [5, 5.41) is 7.73. The van der Waals surface area contributed by atoms with Crippen LogP contribution in [0, 0.1) is 0 Å². The lowest BCUT2D eigenvalue weighted by atomic mass is 10.8. The number of halogens is 2. The van der Waals surface area contributed by atoms with Gasteiger partial charge in [0.05, 0.1) is 0 Å². The van der Waals surface area contributed by atoms with Crippen molar-refractivity contribution in [3.8, 4) is 0 Å². The van der Waals surface area contributed by atoms with Gasteiger partial charge in [-0.05, 0) is 0 Å². The number of carboxylic acid groups (broad SMARTS) is 1. The van der Waals surface area contributed by atoms with Gasteiger partial charge in [-0.1, -0.05) is 23.2 Å². The molecule has 0 heterocycles. The first kappa shape index (κ1) is 10.7. The fourth-order valence-electron chi connectivity index (χ4n) is 0. The largest absolute Gasteiger partial charge is 0.479 e. The fourth-order valence-corrected chi connectivity index (χ4v) is 0. The summed E-state index contributed by atoms with van der Waals surface area (Å²) in [6.07, 6.45) is 0. The molecule has 0 aromatic rings. The van der Waals surface area contributed by atoms with E-state index >= 15 is 0 Å². The summed E-state index contributed by atoms with van der Waals surface area (Å²) in [6.45, 7) is 0. The first-order chi connectivity index (χ1) is 2.64. The van der Waals surface area contributed by atoms with Gasteiger partial charge in [0.25, 0.3) is 0 Å². The average Bonchev–Trinajstić information content (AvgIpc) is 1.36. The molecule has 0 fully saturated rings. The second-order valence-corrected chi connectivity index (χ2v) is 1.74. The number of aliphatic carboxylic acids is 1. The van der Waals surface area contributed by atoms with Crippen LogP contribution < -0.4 is 0 Å². The molecule has 0 amide bonds. The van der Waals surface area contributed by atoms with E-state index in [-0.39, 0.29) is 23.1 Å². The molecule has 1 N–H and O–H groups in total. The molecule has 0 aliphatic heterocycles. The van der Waals surface area contributed by atoms with E-state index in [1.54, 1.807) is 0 Å². The van der Waals surface area contributed by atoms with Crippen molar-refractivity contribution in [3.63, 3.8) is 0 Å². The molecule has 0 saturated heterocycles. The molecule has 0 bridgehead atoms. The first-order valence-electron chi connectivity index (χ1n) is 1.15. The number of carboxylic acids is 1. The lowest BCUT2D eigenvalue weighted by Crippen LogP contribution is -2.03. The van der Waals surface area contributed by atoms with Gasteiger partial charge in [0, 0.05) is 0 Å². The molecule has 40 valence electrons. The molecule has 0 aromatic carbocycles. The Bertz CT molecular complexity index is 64.7. The minimum Gasteiger partial charge on any atom is -0.479 e. The average molecular weight is 155 g/mol. The van der Waals surface area contributed by atoms with E-state index in [1.807, 2.05) is 0 Å². The maximum atomic E-state index is 9.44. The Kier molecular flexibility index (Phi) is 7.61. The van der Waals surface area contributed by atoms with Crippen LogP contribution >= 0.6 is 23.2 Å². The Balaban J connectivity index is 0. The van der Waals surface area contributed by atoms with Crippen LogP contribution in [0.1, 0.15) is 0 Å². The number of alkyl halides is 2. The third-order valence-electron chi connectivity index (χ3n) is 0.187. The topological polar surface area (TPSA) is 37.3 Å². The SMILES string of the molecule is O=C(O)C(Cl)Cl.[MgH2]. The zero-order valence-corrected chi connectivity index (χ0v) is 4.20. The van der Waals surface area contributed by atoms with Crippen LogP contribution in [0.4, 0.5) is 0 Å². The van der Waals surface area contributed by atoms with Gasteiger partial charge < -0.3 is 5.11 Å². The van der Waals surface area contributed by atoms with Crippen LogP contribution in [-0.4, -0.2) is 39.0 Å². The molecule has 0 aliphatic rings. The summed E-state index contributed by atoms with van der Waals surface area (Å²) in [5.41, 5.74) is 0. The molecule has 2 nitrogen and oxygen atoms in total. The van der Waals surface area contributed by atoms with Crippen molar-refractivity contribution in [2.45, 2.75) is 4.84 Å². The predicted molar refractivity (Wildman–Crippen MR) is 31.7 cm³/mol. The molecule has 0 radical (unpaired) electrons. The summed E-state index contributed by atoms with van der Waals surface area (Å²) in [6, 6.07) is 0. The third kappa shape index (κ3) is 6.82. The lowest BCUT2D eigenvalue weighted by Gasteiger charge is -1.84. The minimum atomic E-state index is -1.29. The van der Waals surface area contributed by atoms with Crippen molar-refractivity contribution in [1.29, 1.82) is 0 Å². The number of hydrogen-bond donors (Lipinski definition) is 1. The molecule has 0 aromatic heterocycles. The van der Waals surface area contributed by atoms with Crippen LogP contribution in [0.3, 0.4) is 0 Å². The van der Waals surface area contributed by atoms with Gasteiger partial charge >= 0.3 is 29.0 Å². The summed E-state index contributed by atoms with van der Waals surface area (Å²) in [7, 11) is 0. The fraction of sp³-hybridized carbons (Fsp3) is 0.500. The minimum absolute atomic E-state index is 0. The van der Waals surface area contributed by atoms with Gasteiger partial charge in [-0.15, -0.1) is 0 Å². The lowest BCUT2D eigenvalue weighted by molar-refractivity contribution is -0.135. The molecule has 0 saturated carbocycles. The van der Waals surface area contributed by atoms with E-state index in [9.17, 15) is 4.79 Å². The Morgan fingerprint density at radius 2 is 1.71 bits per heavy atom. The van der Waals surface area contributed by atoms with E-state index in [1.165, 1.54) is 0 Å². The van der Waals surface area contributed by atoms with E-state index in [0.29, 0.717) is 0 Å². The van der Waals surface area contributed by atoms with Crippen LogP contribution in [0.15, 0.2) is 0 Å². The highest BCUT2D eigenvalue weighted by atomic mass is 35.5. The zero-order chi connectivity index (χ0) is 5.15. The van der Waals surface area contributed by atoms with Crippen molar-refractivity contribution in [1.82, 2.24) is 0 Å². The van der Waals surface area contributed by atoms with Crippen molar-refractivity contribution in [2.24, 2.45) is 0 Å². The second kappa shape index (κ2) is 4.96. The van der Waals surface area contributed by atoms with Gasteiger partial charge in [0.1, 0.15) is 0 Å². The maximum Gasteiger partial charge on any atom is 0.337 e. The van der Waals surface area contributed by atoms with Crippen molar-refractivity contribution in [3.05, 3.63) is 0 Å². The summed E-state index contributed by atoms with van der Waals surface area (Å²) in [4.78, 5) is 8.15. The maximum absolute atomic E-state index is 9.44. The second-order valence-electron chi connectivity index (χ2n) is 0.639. The normalized spacial score (nSPS) is 7.86. The Labute approximate surface area is 66.9 Å². The molecule has 0 spiro atoms. The molecular formula is C2H4Cl2MgO2. The molecule has 0 unspecified atom stereocenters. The molecular weight excluding hydrogens is 151 g/mol. The van der Waals surface area contributed by atoms with Crippen LogP contribution in [0.5, 0.6) is 0 Å². The van der Waals surface area contributed by atoms with Crippen molar-refractivity contribution < 1.29 is 9.90 Å². The monoisotopic (exact) mass is 154 g/mol. The third-order valence-corrected chi connectivity index (χ3v) is 0.560. The van der Waals surface area contributed by atoms with E-state index in [4.69, 9.17) is 28.3 Å². The van der Waals surface area contributed by atoms with E-state index in [2.05, 4.69) is 0 Å². The molecule has 7 heavy (non-hydrogen) atoms. The van der Waals surface area contributed by atoms with Crippen molar-refractivity contribution in [2.75, 3.05) is 0 Å². The van der Waals surface area contributed by atoms with Gasteiger partial charge in [0.2, 0.25) is 4.84 Å². The van der Waals surface area contributed by atoms with Gasteiger partial charge in [-0.25, -0.2) is 4.79 Å². The quantitative estimate of drug-likeness (QED) is 0.426. The first-order valence-corrected chi connectivity index (χ1v) is 2.03. The standard InChI is InChI=1S/C2H2Cl2O2.Mg.2H/c3-1(4)2(5)6;;;/h1H,(H,5,6);;;. The highest BCUT2D eigenvalue weighted by molar-refractivity contribution is 6.52. The molecule has 0 atom stereocenters. The van der Waals surface area contributed by atoms with Gasteiger partial charge in [0.15, 0.2) is 0 Å². The number of hydrogen-bond acceptors (Lipinski definition) is 1.